The minimum Gasteiger partial charge on any atom is -0.378 e. The van der Waals surface area contributed by atoms with Gasteiger partial charge < -0.3 is 9.64 Å². The minimum absolute atomic E-state index is 0.113. The first-order valence-electron chi connectivity index (χ1n) is 6.18. The SMILES string of the molecule is O=C(N1CCOCC1)n1ccc(-c2cccnc2)n1. The van der Waals surface area contributed by atoms with Crippen molar-refractivity contribution in [1.82, 2.24) is 19.7 Å². The van der Waals surface area contributed by atoms with Gasteiger partial charge in [0.05, 0.1) is 18.9 Å². The molecule has 0 radical (unpaired) electrons. The number of hydrogen-bond acceptors (Lipinski definition) is 4. The van der Waals surface area contributed by atoms with Crippen molar-refractivity contribution in [3.05, 3.63) is 36.8 Å². The van der Waals surface area contributed by atoms with Gasteiger partial charge in [-0.1, -0.05) is 0 Å². The number of hydrogen-bond donors (Lipinski definition) is 0. The Morgan fingerprint density at radius 2 is 2.11 bits per heavy atom. The van der Waals surface area contributed by atoms with Crippen molar-refractivity contribution < 1.29 is 9.53 Å². The van der Waals surface area contributed by atoms with Crippen molar-refractivity contribution in [1.29, 1.82) is 0 Å². The summed E-state index contributed by atoms with van der Waals surface area (Å²) in [6, 6.07) is 5.46. The van der Waals surface area contributed by atoms with Crippen molar-refractivity contribution in [3.63, 3.8) is 0 Å². The van der Waals surface area contributed by atoms with Gasteiger partial charge in [-0.2, -0.15) is 9.78 Å². The van der Waals surface area contributed by atoms with Crippen LogP contribution in [0.2, 0.25) is 0 Å². The molecule has 0 aromatic carbocycles. The first-order valence-corrected chi connectivity index (χ1v) is 6.18. The van der Waals surface area contributed by atoms with Gasteiger partial charge in [0, 0.05) is 37.2 Å². The van der Waals surface area contributed by atoms with E-state index >= 15 is 0 Å². The van der Waals surface area contributed by atoms with Crippen molar-refractivity contribution in [3.8, 4) is 11.3 Å². The van der Waals surface area contributed by atoms with Crippen LogP contribution in [0.1, 0.15) is 0 Å². The smallest absolute Gasteiger partial charge is 0.344 e. The van der Waals surface area contributed by atoms with Crippen LogP contribution in [0.4, 0.5) is 4.79 Å². The second-order valence-electron chi connectivity index (χ2n) is 4.27. The van der Waals surface area contributed by atoms with E-state index in [-0.39, 0.29) is 6.03 Å². The van der Waals surface area contributed by atoms with Crippen LogP contribution >= 0.6 is 0 Å². The fourth-order valence-electron chi connectivity index (χ4n) is 2.00. The fourth-order valence-corrected chi connectivity index (χ4v) is 2.00. The summed E-state index contributed by atoms with van der Waals surface area (Å²) in [6.07, 6.45) is 5.12. The van der Waals surface area contributed by atoms with Gasteiger partial charge >= 0.3 is 6.03 Å². The largest absolute Gasteiger partial charge is 0.378 e. The van der Waals surface area contributed by atoms with Gasteiger partial charge in [0.15, 0.2) is 0 Å². The monoisotopic (exact) mass is 258 g/mol. The molecule has 1 saturated heterocycles. The second kappa shape index (κ2) is 5.19. The normalized spacial score (nSPS) is 15.5. The third-order valence-electron chi connectivity index (χ3n) is 3.02. The minimum atomic E-state index is -0.113. The van der Waals surface area contributed by atoms with Crippen LogP contribution in [0.3, 0.4) is 0 Å². The lowest BCUT2D eigenvalue weighted by Crippen LogP contribution is -2.43. The molecule has 98 valence electrons. The molecule has 0 atom stereocenters. The molecule has 0 N–H and O–H groups in total. The summed E-state index contributed by atoms with van der Waals surface area (Å²) in [7, 11) is 0. The Kier molecular flexibility index (Phi) is 3.24. The van der Waals surface area contributed by atoms with Crippen molar-refractivity contribution in [2.24, 2.45) is 0 Å². The fraction of sp³-hybridized carbons (Fsp3) is 0.308. The average Bonchev–Trinajstić information content (AvgIpc) is 2.98. The molecular weight excluding hydrogens is 244 g/mol. The number of rotatable bonds is 1. The Labute approximate surface area is 110 Å². The summed E-state index contributed by atoms with van der Waals surface area (Å²) < 4.78 is 6.60. The first kappa shape index (κ1) is 11.9. The van der Waals surface area contributed by atoms with E-state index in [1.807, 2.05) is 18.2 Å². The van der Waals surface area contributed by atoms with Gasteiger partial charge in [-0.25, -0.2) is 4.79 Å². The second-order valence-corrected chi connectivity index (χ2v) is 4.27. The molecular formula is C13H14N4O2. The van der Waals surface area contributed by atoms with E-state index in [1.165, 1.54) is 4.68 Å². The molecule has 0 unspecified atom stereocenters. The standard InChI is InChI=1S/C13H14N4O2/c18-13(16-6-8-19-9-7-16)17-5-3-12(15-17)11-2-1-4-14-10-11/h1-5,10H,6-9H2. The van der Waals surface area contributed by atoms with Crippen LogP contribution in [0.15, 0.2) is 36.8 Å². The van der Waals surface area contributed by atoms with Crippen molar-refractivity contribution in [2.45, 2.75) is 0 Å². The Bertz CT molecular complexity index is 561. The summed E-state index contributed by atoms with van der Waals surface area (Å²) in [5, 5.41) is 4.30. The number of ether oxygens (including phenoxy) is 1. The number of nitrogens with zero attached hydrogens (tertiary/aromatic N) is 4. The highest BCUT2D eigenvalue weighted by Crippen LogP contribution is 2.15. The first-order chi connectivity index (χ1) is 9.34. The van der Waals surface area contributed by atoms with Gasteiger partial charge in [-0.05, 0) is 18.2 Å². The Morgan fingerprint density at radius 3 is 2.84 bits per heavy atom. The number of carbonyl (C=O) groups is 1. The molecule has 2 aromatic heterocycles. The van der Waals surface area contributed by atoms with Gasteiger partial charge in [-0.3, -0.25) is 4.98 Å². The van der Waals surface area contributed by atoms with Crippen LogP contribution in [0, 0.1) is 0 Å². The Balaban J connectivity index is 1.79. The molecule has 0 bridgehead atoms. The zero-order chi connectivity index (χ0) is 13.1. The zero-order valence-corrected chi connectivity index (χ0v) is 10.4. The van der Waals surface area contributed by atoms with E-state index in [9.17, 15) is 4.79 Å². The highest BCUT2D eigenvalue weighted by molar-refractivity contribution is 5.77. The van der Waals surface area contributed by atoms with Gasteiger partial charge in [0.1, 0.15) is 0 Å². The van der Waals surface area contributed by atoms with Crippen LogP contribution in [-0.2, 0) is 4.74 Å². The summed E-state index contributed by atoms with van der Waals surface area (Å²) in [5.74, 6) is 0. The number of aromatic nitrogens is 3. The molecule has 1 aliphatic rings. The average molecular weight is 258 g/mol. The molecule has 1 amide bonds. The predicted octanol–water partition coefficient (Wildman–Crippen LogP) is 1.25. The molecule has 2 aromatic rings. The molecule has 0 aliphatic carbocycles. The van der Waals surface area contributed by atoms with E-state index in [4.69, 9.17) is 4.74 Å². The zero-order valence-electron chi connectivity index (χ0n) is 10.4. The summed E-state index contributed by atoms with van der Waals surface area (Å²) in [6.45, 7) is 2.40. The van der Waals surface area contributed by atoms with Gasteiger partial charge in [0.2, 0.25) is 0 Å². The molecule has 3 heterocycles. The van der Waals surface area contributed by atoms with Crippen LogP contribution < -0.4 is 0 Å². The molecule has 3 rings (SSSR count). The molecule has 6 nitrogen and oxygen atoms in total. The maximum Gasteiger partial charge on any atom is 0.344 e. The van der Waals surface area contributed by atoms with E-state index in [0.29, 0.717) is 26.3 Å². The van der Waals surface area contributed by atoms with E-state index in [0.717, 1.165) is 11.3 Å². The van der Waals surface area contributed by atoms with Crippen LogP contribution in [0.5, 0.6) is 0 Å². The van der Waals surface area contributed by atoms with Crippen LogP contribution in [0.25, 0.3) is 11.3 Å². The lowest BCUT2D eigenvalue weighted by atomic mass is 10.2. The van der Waals surface area contributed by atoms with E-state index < -0.39 is 0 Å². The van der Waals surface area contributed by atoms with Crippen LogP contribution in [-0.4, -0.2) is 52.0 Å². The van der Waals surface area contributed by atoms with Gasteiger partial charge in [0.25, 0.3) is 0 Å². The third-order valence-corrected chi connectivity index (χ3v) is 3.02. The molecule has 0 spiro atoms. The highest BCUT2D eigenvalue weighted by Gasteiger charge is 2.19. The third kappa shape index (κ3) is 2.48. The number of carbonyl (C=O) groups excluding carboxylic acids is 1. The highest BCUT2D eigenvalue weighted by atomic mass is 16.5. The summed E-state index contributed by atoms with van der Waals surface area (Å²) in [4.78, 5) is 18.0. The molecule has 1 fully saturated rings. The Morgan fingerprint density at radius 1 is 1.26 bits per heavy atom. The maximum atomic E-state index is 12.2. The predicted molar refractivity (Wildman–Crippen MR) is 68.6 cm³/mol. The molecule has 1 aliphatic heterocycles. The summed E-state index contributed by atoms with van der Waals surface area (Å²) in [5.41, 5.74) is 1.64. The number of morpholine rings is 1. The van der Waals surface area contributed by atoms with Gasteiger partial charge in [-0.15, -0.1) is 0 Å². The van der Waals surface area contributed by atoms with Crippen molar-refractivity contribution >= 4 is 6.03 Å². The lowest BCUT2D eigenvalue weighted by Gasteiger charge is -2.26. The topological polar surface area (TPSA) is 60.2 Å². The van der Waals surface area contributed by atoms with Crippen molar-refractivity contribution in [2.75, 3.05) is 26.3 Å². The van der Waals surface area contributed by atoms with E-state index in [1.54, 1.807) is 23.5 Å². The molecule has 19 heavy (non-hydrogen) atoms. The number of pyridine rings is 1. The number of amides is 1. The van der Waals surface area contributed by atoms with E-state index in [2.05, 4.69) is 10.1 Å². The lowest BCUT2D eigenvalue weighted by molar-refractivity contribution is 0.0529. The Hall–Kier alpha value is -2.21. The summed E-state index contributed by atoms with van der Waals surface area (Å²) >= 11 is 0. The molecule has 6 heteroatoms. The molecule has 0 saturated carbocycles. The maximum absolute atomic E-state index is 12.2. The quantitative estimate of drug-likeness (QED) is 0.772.